The Morgan fingerprint density at radius 1 is 1.04 bits per heavy atom. The highest BCUT2D eigenvalue weighted by Crippen LogP contribution is 2.21. The smallest absolute Gasteiger partial charge is 0.253 e. The molecule has 2 rings (SSSR count). The first kappa shape index (κ1) is 20.0. The van der Waals surface area contributed by atoms with Gasteiger partial charge in [-0.05, 0) is 31.0 Å². The van der Waals surface area contributed by atoms with Gasteiger partial charge in [-0.2, -0.15) is 0 Å². The van der Waals surface area contributed by atoms with E-state index in [4.69, 9.17) is 0 Å². The Balaban J connectivity index is 1.94. The summed E-state index contributed by atoms with van der Waals surface area (Å²) in [5.41, 5.74) is 2.24. The Bertz CT molecular complexity index is 719. The monoisotopic (exact) mass is 370 g/mol. The van der Waals surface area contributed by atoms with Crippen molar-refractivity contribution in [1.82, 2.24) is 5.32 Å². The van der Waals surface area contributed by atoms with Crippen LogP contribution < -0.4 is 10.6 Å². The number of nitrogens with one attached hydrogen (secondary N) is 2. The number of carbonyl (C=O) groups is 2. The van der Waals surface area contributed by atoms with E-state index >= 15 is 0 Å². The van der Waals surface area contributed by atoms with Gasteiger partial charge in [0.15, 0.2) is 0 Å². The van der Waals surface area contributed by atoms with E-state index in [1.165, 1.54) is 5.56 Å². The lowest BCUT2D eigenvalue weighted by molar-refractivity contribution is -0.115. The second-order valence-corrected chi connectivity index (χ2v) is 7.41. The molecule has 0 radical (unpaired) electrons. The molecule has 1 atom stereocenters. The van der Waals surface area contributed by atoms with Crippen LogP contribution in [0.4, 0.5) is 5.69 Å². The lowest BCUT2D eigenvalue weighted by Crippen LogP contribution is -2.28. The largest absolute Gasteiger partial charge is 0.352 e. The zero-order chi connectivity index (χ0) is 18.8. The number of para-hydroxylation sites is 1. The van der Waals surface area contributed by atoms with Crippen LogP contribution in [0.15, 0.2) is 54.6 Å². The van der Waals surface area contributed by atoms with Crippen LogP contribution in [0, 0.1) is 0 Å². The van der Waals surface area contributed by atoms with Crippen LogP contribution in [-0.4, -0.2) is 23.6 Å². The lowest BCUT2D eigenvalue weighted by atomic mass is 10.1. The number of carbonyl (C=O) groups excluding carboxylic acids is 2. The van der Waals surface area contributed by atoms with E-state index in [9.17, 15) is 9.59 Å². The van der Waals surface area contributed by atoms with Crippen molar-refractivity contribution < 1.29 is 9.59 Å². The maximum atomic E-state index is 12.5. The van der Waals surface area contributed by atoms with E-state index in [0.29, 0.717) is 17.8 Å². The molecule has 138 valence electrons. The molecular weight excluding hydrogens is 344 g/mol. The second-order valence-electron chi connectivity index (χ2n) is 6.08. The van der Waals surface area contributed by atoms with Crippen molar-refractivity contribution in [3.63, 3.8) is 0 Å². The third-order valence-corrected chi connectivity index (χ3v) is 5.17. The van der Waals surface area contributed by atoms with Gasteiger partial charge in [0.25, 0.3) is 5.91 Å². The van der Waals surface area contributed by atoms with E-state index in [-0.39, 0.29) is 17.1 Å². The summed E-state index contributed by atoms with van der Waals surface area (Å²) < 4.78 is 0. The number of unbranched alkanes of at least 4 members (excludes halogenated alkanes) is 1. The molecule has 0 saturated heterocycles. The topological polar surface area (TPSA) is 58.2 Å². The van der Waals surface area contributed by atoms with Crippen molar-refractivity contribution in [3.05, 3.63) is 65.7 Å². The van der Waals surface area contributed by atoms with Crippen molar-refractivity contribution in [2.24, 2.45) is 0 Å². The molecule has 0 spiro atoms. The summed E-state index contributed by atoms with van der Waals surface area (Å²) in [6.45, 7) is 4.60. The minimum Gasteiger partial charge on any atom is -0.352 e. The average Bonchev–Trinajstić information content (AvgIpc) is 2.67. The molecule has 0 heterocycles. The molecule has 0 fully saturated rings. The van der Waals surface area contributed by atoms with E-state index in [1.54, 1.807) is 30.0 Å². The lowest BCUT2D eigenvalue weighted by Gasteiger charge is -2.15. The predicted molar refractivity (Wildman–Crippen MR) is 110 cm³/mol. The number of amides is 2. The summed E-state index contributed by atoms with van der Waals surface area (Å²) in [6, 6.07) is 17.2. The molecule has 0 bridgehead atoms. The van der Waals surface area contributed by atoms with Gasteiger partial charge < -0.3 is 10.6 Å². The normalized spacial score (nSPS) is 11.6. The Labute approximate surface area is 159 Å². The van der Waals surface area contributed by atoms with E-state index in [1.807, 2.05) is 43.3 Å². The molecular formula is C21H26N2O2S. The molecule has 0 aliphatic rings. The van der Waals surface area contributed by atoms with Gasteiger partial charge >= 0.3 is 0 Å². The van der Waals surface area contributed by atoms with Crippen molar-refractivity contribution >= 4 is 29.3 Å². The summed E-state index contributed by atoms with van der Waals surface area (Å²) in [6.07, 6.45) is 1.96. The fourth-order valence-corrected chi connectivity index (χ4v) is 3.21. The van der Waals surface area contributed by atoms with Crippen LogP contribution in [0.5, 0.6) is 0 Å². The van der Waals surface area contributed by atoms with Crippen LogP contribution in [0.1, 0.15) is 42.6 Å². The number of benzene rings is 2. The summed E-state index contributed by atoms with van der Waals surface area (Å²) in [5, 5.41) is 5.57. The Kier molecular flexibility index (Phi) is 8.22. The first-order valence-electron chi connectivity index (χ1n) is 8.95. The molecule has 5 heteroatoms. The van der Waals surface area contributed by atoms with Gasteiger partial charge in [-0.3, -0.25) is 9.59 Å². The summed E-state index contributed by atoms with van der Waals surface area (Å²) in [7, 11) is 0. The first-order valence-corrected chi connectivity index (χ1v) is 10.00. The third-order valence-electron chi connectivity index (χ3n) is 3.96. The zero-order valence-electron chi connectivity index (χ0n) is 15.3. The summed E-state index contributed by atoms with van der Waals surface area (Å²) >= 11 is 1.58. The fourth-order valence-electron chi connectivity index (χ4n) is 2.37. The van der Waals surface area contributed by atoms with Gasteiger partial charge in [-0.15, -0.1) is 11.8 Å². The quantitative estimate of drug-likeness (QED) is 0.640. The van der Waals surface area contributed by atoms with Gasteiger partial charge in [0.1, 0.15) is 0 Å². The van der Waals surface area contributed by atoms with Crippen molar-refractivity contribution in [2.75, 3.05) is 11.9 Å². The highest BCUT2D eigenvalue weighted by atomic mass is 32.2. The third kappa shape index (κ3) is 6.23. The number of anilines is 1. The van der Waals surface area contributed by atoms with Gasteiger partial charge in [0.2, 0.25) is 5.91 Å². The van der Waals surface area contributed by atoms with Crippen molar-refractivity contribution in [1.29, 1.82) is 0 Å². The maximum Gasteiger partial charge on any atom is 0.253 e. The van der Waals surface area contributed by atoms with E-state index in [0.717, 1.165) is 18.6 Å². The van der Waals surface area contributed by atoms with Crippen LogP contribution in [0.2, 0.25) is 0 Å². The van der Waals surface area contributed by atoms with Crippen LogP contribution in [-0.2, 0) is 10.5 Å². The van der Waals surface area contributed by atoms with Gasteiger partial charge in [0, 0.05) is 12.3 Å². The highest BCUT2D eigenvalue weighted by Gasteiger charge is 2.17. The highest BCUT2D eigenvalue weighted by molar-refractivity contribution is 7.99. The van der Waals surface area contributed by atoms with Gasteiger partial charge in [0.05, 0.1) is 16.5 Å². The molecule has 0 aliphatic carbocycles. The average molecular weight is 371 g/mol. The summed E-state index contributed by atoms with van der Waals surface area (Å²) in [4.78, 5) is 24.8. The van der Waals surface area contributed by atoms with Crippen LogP contribution in [0.3, 0.4) is 0 Å². The van der Waals surface area contributed by atoms with Crippen molar-refractivity contribution in [2.45, 2.75) is 37.7 Å². The molecule has 0 aliphatic heterocycles. The standard InChI is InChI=1S/C21H26N2O2S/c1-3-4-14-22-21(25)18-12-8-9-13-19(18)23-20(24)16(2)26-15-17-10-6-5-7-11-17/h5-13,16H,3-4,14-15H2,1-2H3,(H,22,25)(H,23,24). The maximum absolute atomic E-state index is 12.5. The molecule has 2 amide bonds. The minimum atomic E-state index is -0.216. The molecule has 2 aromatic carbocycles. The van der Waals surface area contributed by atoms with Gasteiger partial charge in [-0.25, -0.2) is 0 Å². The second kappa shape index (κ2) is 10.7. The van der Waals surface area contributed by atoms with Crippen molar-refractivity contribution in [3.8, 4) is 0 Å². The fraction of sp³-hybridized carbons (Fsp3) is 0.333. The predicted octanol–water partition coefficient (Wildman–Crippen LogP) is 4.48. The Hall–Kier alpha value is -2.27. The Morgan fingerprint density at radius 2 is 1.73 bits per heavy atom. The molecule has 0 saturated carbocycles. The minimum absolute atomic E-state index is 0.0975. The van der Waals surface area contributed by atoms with Gasteiger partial charge in [-0.1, -0.05) is 55.8 Å². The SMILES string of the molecule is CCCCNC(=O)c1ccccc1NC(=O)C(C)SCc1ccccc1. The Morgan fingerprint density at radius 3 is 2.46 bits per heavy atom. The molecule has 4 nitrogen and oxygen atoms in total. The molecule has 2 N–H and O–H groups in total. The number of hydrogen-bond donors (Lipinski definition) is 2. The first-order chi connectivity index (χ1) is 12.6. The van der Waals surface area contributed by atoms with Crippen LogP contribution in [0.25, 0.3) is 0 Å². The molecule has 2 aromatic rings. The van der Waals surface area contributed by atoms with Crippen LogP contribution >= 0.6 is 11.8 Å². The molecule has 1 unspecified atom stereocenters. The van der Waals surface area contributed by atoms with E-state index in [2.05, 4.69) is 17.6 Å². The van der Waals surface area contributed by atoms with E-state index < -0.39 is 0 Å². The number of thioether (sulfide) groups is 1. The molecule has 0 aromatic heterocycles. The zero-order valence-corrected chi connectivity index (χ0v) is 16.1. The number of hydrogen-bond acceptors (Lipinski definition) is 3. The molecule has 26 heavy (non-hydrogen) atoms. The summed E-state index contributed by atoms with van der Waals surface area (Å²) in [5.74, 6) is 0.521. The number of rotatable bonds is 9.